The lowest BCUT2D eigenvalue weighted by Gasteiger charge is -2.14. The molecule has 0 aliphatic rings. The molecular weight excluding hydrogens is 319 g/mol. The summed E-state index contributed by atoms with van der Waals surface area (Å²) in [7, 11) is 0. The van der Waals surface area contributed by atoms with Crippen molar-refractivity contribution >= 4 is 22.5 Å². The van der Waals surface area contributed by atoms with Gasteiger partial charge in [0.2, 0.25) is 5.95 Å². The molecule has 2 heterocycles. The van der Waals surface area contributed by atoms with Crippen molar-refractivity contribution < 1.29 is 4.39 Å². The number of fused-ring (bicyclic) bond motifs is 1. The fourth-order valence-corrected chi connectivity index (χ4v) is 2.62. The lowest BCUT2D eigenvalue weighted by molar-refractivity contribution is 0.629. The number of rotatable bonds is 3. The molecule has 0 saturated heterocycles. The van der Waals surface area contributed by atoms with E-state index in [4.69, 9.17) is 0 Å². The van der Waals surface area contributed by atoms with E-state index in [0.29, 0.717) is 17.2 Å². The van der Waals surface area contributed by atoms with E-state index in [2.05, 4.69) is 15.3 Å². The minimum absolute atomic E-state index is 0.211. The second kappa shape index (κ2) is 6.16. The molecule has 2 aromatic heterocycles. The third kappa shape index (κ3) is 2.85. The molecule has 0 radical (unpaired) electrons. The minimum atomic E-state index is -0.479. The van der Waals surface area contributed by atoms with Gasteiger partial charge < -0.3 is 5.32 Å². The van der Waals surface area contributed by atoms with Crippen molar-refractivity contribution in [3.8, 4) is 5.69 Å². The van der Waals surface area contributed by atoms with Crippen LogP contribution in [-0.4, -0.2) is 14.5 Å². The van der Waals surface area contributed by atoms with E-state index in [9.17, 15) is 9.18 Å². The van der Waals surface area contributed by atoms with Crippen LogP contribution >= 0.6 is 0 Å². The van der Waals surface area contributed by atoms with Crippen LogP contribution < -0.4 is 10.9 Å². The van der Waals surface area contributed by atoms with Crippen LogP contribution in [0.15, 0.2) is 77.9 Å². The van der Waals surface area contributed by atoms with Crippen molar-refractivity contribution in [2.75, 3.05) is 5.32 Å². The Balaban J connectivity index is 1.99. The summed E-state index contributed by atoms with van der Waals surface area (Å²) in [6.07, 6.45) is 3.18. The Hall–Kier alpha value is -3.54. The number of benzene rings is 2. The SMILES string of the molecule is O=c1c2cc(F)ccc2nc(Nc2ccccc2)n1-c1cccnc1. The molecule has 0 unspecified atom stereocenters. The van der Waals surface area contributed by atoms with Crippen LogP contribution in [0.1, 0.15) is 0 Å². The van der Waals surface area contributed by atoms with Crippen molar-refractivity contribution in [1.29, 1.82) is 0 Å². The van der Waals surface area contributed by atoms with E-state index in [1.807, 2.05) is 30.3 Å². The standard InChI is InChI=1S/C19H13FN4O/c20-13-8-9-17-16(11-13)18(25)24(15-7-4-10-21-12-15)19(23-17)22-14-5-2-1-3-6-14/h1-12H,(H,22,23). The first-order valence-electron chi connectivity index (χ1n) is 7.67. The summed E-state index contributed by atoms with van der Waals surface area (Å²) in [6.45, 7) is 0. The predicted octanol–water partition coefficient (Wildman–Crippen LogP) is 3.66. The Morgan fingerprint density at radius 3 is 2.60 bits per heavy atom. The molecule has 1 N–H and O–H groups in total. The van der Waals surface area contributed by atoms with Crippen LogP contribution in [0.2, 0.25) is 0 Å². The van der Waals surface area contributed by atoms with Gasteiger partial charge in [-0.25, -0.2) is 13.9 Å². The van der Waals surface area contributed by atoms with Gasteiger partial charge in [0.05, 0.1) is 22.8 Å². The maximum Gasteiger partial charge on any atom is 0.267 e. The molecule has 4 rings (SSSR count). The van der Waals surface area contributed by atoms with Gasteiger partial charge in [-0.05, 0) is 42.5 Å². The zero-order valence-electron chi connectivity index (χ0n) is 13.1. The fraction of sp³-hybridized carbons (Fsp3) is 0. The van der Waals surface area contributed by atoms with Crippen molar-refractivity contribution in [3.05, 3.63) is 89.2 Å². The summed E-state index contributed by atoms with van der Waals surface area (Å²) in [4.78, 5) is 21.5. The summed E-state index contributed by atoms with van der Waals surface area (Å²) in [5.41, 5.74) is 1.39. The molecule has 4 aromatic rings. The molecule has 0 saturated carbocycles. The third-order valence-electron chi connectivity index (χ3n) is 3.76. The van der Waals surface area contributed by atoms with Gasteiger partial charge in [-0.2, -0.15) is 0 Å². The molecule has 2 aromatic carbocycles. The number of halogens is 1. The molecular formula is C19H13FN4O. The Morgan fingerprint density at radius 2 is 1.84 bits per heavy atom. The largest absolute Gasteiger partial charge is 0.325 e. The lowest BCUT2D eigenvalue weighted by atomic mass is 10.2. The molecule has 0 atom stereocenters. The summed E-state index contributed by atoms with van der Waals surface area (Å²) in [5, 5.41) is 3.36. The predicted molar refractivity (Wildman–Crippen MR) is 94.8 cm³/mol. The second-order valence-corrected chi connectivity index (χ2v) is 5.44. The lowest BCUT2D eigenvalue weighted by Crippen LogP contribution is -2.23. The number of pyridine rings is 1. The van der Waals surface area contributed by atoms with Gasteiger partial charge in [0, 0.05) is 11.9 Å². The number of aromatic nitrogens is 3. The van der Waals surface area contributed by atoms with E-state index in [1.165, 1.54) is 22.8 Å². The molecule has 0 fully saturated rings. The van der Waals surface area contributed by atoms with Crippen LogP contribution in [0.25, 0.3) is 16.6 Å². The number of anilines is 2. The first kappa shape index (κ1) is 15.0. The average molecular weight is 332 g/mol. The van der Waals surface area contributed by atoms with Gasteiger partial charge in [-0.3, -0.25) is 9.78 Å². The first-order valence-corrected chi connectivity index (χ1v) is 7.67. The van der Waals surface area contributed by atoms with E-state index in [1.54, 1.807) is 24.5 Å². The molecule has 0 aliphatic heterocycles. The smallest absolute Gasteiger partial charge is 0.267 e. The van der Waals surface area contributed by atoms with E-state index in [-0.39, 0.29) is 10.9 Å². The number of nitrogens with one attached hydrogen (secondary N) is 1. The Labute approximate surface area is 142 Å². The molecule has 25 heavy (non-hydrogen) atoms. The fourth-order valence-electron chi connectivity index (χ4n) is 2.62. The van der Waals surface area contributed by atoms with Crippen LogP contribution in [0.3, 0.4) is 0 Å². The van der Waals surface area contributed by atoms with Gasteiger partial charge >= 0.3 is 0 Å². The van der Waals surface area contributed by atoms with Crippen molar-refractivity contribution in [3.63, 3.8) is 0 Å². The normalized spacial score (nSPS) is 10.8. The molecule has 0 amide bonds. The van der Waals surface area contributed by atoms with Crippen LogP contribution in [0.5, 0.6) is 0 Å². The summed E-state index contributed by atoms with van der Waals surface area (Å²) in [5.74, 6) is -0.142. The summed E-state index contributed by atoms with van der Waals surface area (Å²) >= 11 is 0. The molecule has 5 nitrogen and oxygen atoms in total. The van der Waals surface area contributed by atoms with Crippen LogP contribution in [-0.2, 0) is 0 Å². The Morgan fingerprint density at radius 1 is 1.00 bits per heavy atom. The molecule has 0 aliphatic carbocycles. The highest BCUT2D eigenvalue weighted by Crippen LogP contribution is 2.20. The van der Waals surface area contributed by atoms with Crippen LogP contribution in [0.4, 0.5) is 16.0 Å². The highest BCUT2D eigenvalue weighted by Gasteiger charge is 2.14. The molecule has 122 valence electrons. The highest BCUT2D eigenvalue weighted by atomic mass is 19.1. The number of hydrogen-bond acceptors (Lipinski definition) is 4. The topological polar surface area (TPSA) is 59.8 Å². The van der Waals surface area contributed by atoms with Gasteiger partial charge in [-0.15, -0.1) is 0 Å². The number of para-hydroxylation sites is 1. The summed E-state index contributed by atoms with van der Waals surface area (Å²) in [6, 6.07) is 16.9. The first-order chi connectivity index (χ1) is 12.2. The van der Waals surface area contributed by atoms with Gasteiger partial charge in [0.1, 0.15) is 5.82 Å². The summed E-state index contributed by atoms with van der Waals surface area (Å²) < 4.78 is 15.0. The maximum atomic E-state index is 13.6. The van der Waals surface area contributed by atoms with E-state index < -0.39 is 5.82 Å². The highest BCUT2D eigenvalue weighted by molar-refractivity contribution is 5.80. The van der Waals surface area contributed by atoms with Gasteiger partial charge in [0.25, 0.3) is 5.56 Å². The van der Waals surface area contributed by atoms with Crippen molar-refractivity contribution in [2.24, 2.45) is 0 Å². The minimum Gasteiger partial charge on any atom is -0.325 e. The van der Waals surface area contributed by atoms with Gasteiger partial charge in [0.15, 0.2) is 0 Å². The number of hydrogen-bond donors (Lipinski definition) is 1. The average Bonchev–Trinajstić information content (AvgIpc) is 2.64. The molecule has 0 bridgehead atoms. The third-order valence-corrected chi connectivity index (χ3v) is 3.76. The molecule has 0 spiro atoms. The monoisotopic (exact) mass is 332 g/mol. The van der Waals surface area contributed by atoms with E-state index >= 15 is 0 Å². The van der Waals surface area contributed by atoms with E-state index in [0.717, 1.165) is 5.69 Å². The zero-order valence-corrected chi connectivity index (χ0v) is 13.1. The quantitative estimate of drug-likeness (QED) is 0.622. The number of nitrogens with zero attached hydrogens (tertiary/aromatic N) is 3. The van der Waals surface area contributed by atoms with Gasteiger partial charge in [-0.1, -0.05) is 18.2 Å². The Kier molecular flexibility index (Phi) is 3.70. The van der Waals surface area contributed by atoms with Crippen molar-refractivity contribution in [1.82, 2.24) is 14.5 Å². The zero-order chi connectivity index (χ0) is 17.2. The second-order valence-electron chi connectivity index (χ2n) is 5.44. The maximum absolute atomic E-state index is 13.6. The van der Waals surface area contributed by atoms with Crippen LogP contribution in [0, 0.1) is 5.82 Å². The molecule has 6 heteroatoms. The van der Waals surface area contributed by atoms with Crippen molar-refractivity contribution in [2.45, 2.75) is 0 Å². The Bertz CT molecular complexity index is 1090.